The van der Waals surface area contributed by atoms with E-state index in [4.69, 9.17) is 5.26 Å². The van der Waals surface area contributed by atoms with Gasteiger partial charge in [0.2, 0.25) is 5.82 Å². The van der Waals surface area contributed by atoms with E-state index in [1.54, 1.807) is 6.07 Å². The molecule has 0 fully saturated rings. The van der Waals surface area contributed by atoms with Crippen LogP contribution in [0.2, 0.25) is 0 Å². The fraction of sp³-hybridized carbons (Fsp3) is 0. The lowest BCUT2D eigenvalue weighted by Gasteiger charge is -2.10. The second kappa shape index (κ2) is 5.13. The molecule has 0 unspecified atom stereocenters. The van der Waals surface area contributed by atoms with Crippen LogP contribution in [0.5, 0.6) is 0 Å². The molecule has 1 heterocycles. The zero-order chi connectivity index (χ0) is 14.9. The highest BCUT2D eigenvalue weighted by molar-refractivity contribution is 5.61. The summed E-state index contributed by atoms with van der Waals surface area (Å²) in [5.41, 5.74) is -1.32. The van der Waals surface area contributed by atoms with Crippen LogP contribution >= 0.6 is 0 Å². The summed E-state index contributed by atoms with van der Waals surface area (Å²) in [5.74, 6) is -10.3. The Morgan fingerprint density at radius 3 is 2.05 bits per heavy atom. The molecule has 0 aliphatic rings. The molecule has 20 heavy (non-hydrogen) atoms. The lowest BCUT2D eigenvalue weighted by molar-refractivity contribution is 0.382. The summed E-state index contributed by atoms with van der Waals surface area (Å²) < 4.78 is 65.6. The van der Waals surface area contributed by atoms with Crippen LogP contribution in [-0.2, 0) is 0 Å². The van der Waals surface area contributed by atoms with Gasteiger partial charge in [-0.15, -0.1) is 0 Å². The van der Waals surface area contributed by atoms with E-state index in [0.29, 0.717) is 0 Å². The van der Waals surface area contributed by atoms with E-state index >= 15 is 0 Å². The van der Waals surface area contributed by atoms with E-state index in [-0.39, 0.29) is 11.4 Å². The van der Waals surface area contributed by atoms with Crippen molar-refractivity contribution in [1.29, 1.82) is 5.26 Å². The van der Waals surface area contributed by atoms with Gasteiger partial charge in [0.25, 0.3) is 0 Å². The molecule has 1 N–H and O–H groups in total. The van der Waals surface area contributed by atoms with Gasteiger partial charge in [-0.25, -0.2) is 26.9 Å². The van der Waals surface area contributed by atoms with E-state index in [1.165, 1.54) is 6.07 Å². The third-order valence-electron chi connectivity index (χ3n) is 2.35. The van der Waals surface area contributed by atoms with E-state index < -0.39 is 34.8 Å². The highest BCUT2D eigenvalue weighted by atomic mass is 19.2. The molecule has 0 atom stereocenters. The number of aromatic nitrogens is 1. The van der Waals surface area contributed by atoms with Crippen molar-refractivity contribution in [2.24, 2.45) is 0 Å². The number of anilines is 2. The number of nitrogens with zero attached hydrogens (tertiary/aromatic N) is 2. The zero-order valence-electron chi connectivity index (χ0n) is 9.52. The van der Waals surface area contributed by atoms with Gasteiger partial charge in [-0.3, -0.25) is 0 Å². The van der Waals surface area contributed by atoms with Gasteiger partial charge in [0.1, 0.15) is 17.5 Å². The molecule has 0 saturated heterocycles. The number of hydrogen-bond acceptors (Lipinski definition) is 3. The molecule has 0 amide bonds. The Morgan fingerprint density at radius 1 is 0.950 bits per heavy atom. The summed E-state index contributed by atoms with van der Waals surface area (Å²) in [6.45, 7) is 0. The fourth-order valence-corrected chi connectivity index (χ4v) is 1.43. The number of nitrogens with one attached hydrogen (secondary N) is 1. The quantitative estimate of drug-likeness (QED) is 0.522. The first-order chi connectivity index (χ1) is 9.45. The van der Waals surface area contributed by atoms with Crippen LogP contribution in [0.15, 0.2) is 18.3 Å². The lowest BCUT2D eigenvalue weighted by Crippen LogP contribution is -2.07. The minimum absolute atomic E-state index is 0.0419. The van der Waals surface area contributed by atoms with E-state index in [1.807, 2.05) is 5.32 Å². The van der Waals surface area contributed by atoms with Crippen LogP contribution in [0.25, 0.3) is 0 Å². The molecule has 1 aromatic carbocycles. The molecule has 0 bridgehead atoms. The first kappa shape index (κ1) is 13.7. The number of pyridine rings is 1. The summed E-state index contributed by atoms with van der Waals surface area (Å²) >= 11 is 0. The number of nitriles is 1. The molecule has 0 saturated carbocycles. The van der Waals surface area contributed by atoms with Gasteiger partial charge in [0.15, 0.2) is 23.3 Å². The van der Waals surface area contributed by atoms with Gasteiger partial charge in [-0.1, -0.05) is 0 Å². The Morgan fingerprint density at radius 2 is 1.50 bits per heavy atom. The van der Waals surface area contributed by atoms with E-state index in [9.17, 15) is 22.0 Å². The van der Waals surface area contributed by atoms with Crippen LogP contribution in [0.4, 0.5) is 33.3 Å². The van der Waals surface area contributed by atoms with Crippen molar-refractivity contribution in [2.75, 3.05) is 5.32 Å². The van der Waals surface area contributed by atoms with Crippen molar-refractivity contribution in [3.05, 3.63) is 53.1 Å². The molecular formula is C12H4F5N3. The highest BCUT2D eigenvalue weighted by Crippen LogP contribution is 2.29. The van der Waals surface area contributed by atoms with Crippen molar-refractivity contribution in [3.63, 3.8) is 0 Å². The number of hydrogen-bond donors (Lipinski definition) is 1. The molecule has 102 valence electrons. The Balaban J connectivity index is 2.52. The second-order valence-corrected chi connectivity index (χ2v) is 3.61. The summed E-state index contributed by atoms with van der Waals surface area (Å²) in [5, 5.41) is 10.6. The largest absolute Gasteiger partial charge is 0.350 e. The van der Waals surface area contributed by atoms with Crippen LogP contribution in [0.3, 0.4) is 0 Å². The monoisotopic (exact) mass is 285 g/mol. The van der Waals surface area contributed by atoms with Crippen molar-refractivity contribution in [2.45, 2.75) is 0 Å². The minimum Gasteiger partial charge on any atom is -0.350 e. The highest BCUT2D eigenvalue weighted by Gasteiger charge is 2.25. The summed E-state index contributed by atoms with van der Waals surface area (Å²) in [7, 11) is 0. The lowest BCUT2D eigenvalue weighted by atomic mass is 10.2. The Kier molecular flexibility index (Phi) is 3.52. The Hall–Kier alpha value is -2.69. The zero-order valence-corrected chi connectivity index (χ0v) is 9.52. The molecule has 2 aromatic rings. The molecule has 0 aliphatic heterocycles. The van der Waals surface area contributed by atoms with Crippen LogP contribution in [0, 0.1) is 40.4 Å². The topological polar surface area (TPSA) is 48.7 Å². The van der Waals surface area contributed by atoms with Gasteiger partial charge in [0.05, 0.1) is 0 Å². The van der Waals surface area contributed by atoms with Gasteiger partial charge in [-0.05, 0) is 12.1 Å². The third-order valence-corrected chi connectivity index (χ3v) is 2.35. The van der Waals surface area contributed by atoms with Crippen LogP contribution in [-0.4, -0.2) is 4.98 Å². The first-order valence-electron chi connectivity index (χ1n) is 5.10. The standard InChI is InChI=1S/C12H4F5N3/c13-7-8(14)10(16)12(11(17)9(7)15)20-5-1-2-19-6(3-5)4-18/h1-3H,(H,19,20). The summed E-state index contributed by atoms with van der Waals surface area (Å²) in [6.07, 6.45) is 1.15. The van der Waals surface area contributed by atoms with Crippen molar-refractivity contribution in [1.82, 2.24) is 4.98 Å². The van der Waals surface area contributed by atoms with E-state index in [2.05, 4.69) is 4.98 Å². The maximum atomic E-state index is 13.4. The SMILES string of the molecule is N#Cc1cc(Nc2c(F)c(F)c(F)c(F)c2F)ccn1. The average Bonchev–Trinajstić information content (AvgIpc) is 2.48. The molecule has 3 nitrogen and oxygen atoms in total. The van der Waals surface area contributed by atoms with Gasteiger partial charge >= 0.3 is 0 Å². The fourth-order valence-electron chi connectivity index (χ4n) is 1.43. The van der Waals surface area contributed by atoms with Crippen molar-refractivity contribution in [3.8, 4) is 6.07 Å². The number of benzene rings is 1. The predicted octanol–water partition coefficient (Wildman–Crippen LogP) is 3.39. The molecule has 2 rings (SSSR count). The Labute approximate surface area is 109 Å². The smallest absolute Gasteiger partial charge is 0.200 e. The van der Waals surface area contributed by atoms with Crippen LogP contribution in [0.1, 0.15) is 5.69 Å². The predicted molar refractivity (Wildman–Crippen MR) is 58.5 cm³/mol. The molecular weight excluding hydrogens is 281 g/mol. The molecule has 0 radical (unpaired) electrons. The average molecular weight is 285 g/mol. The first-order valence-corrected chi connectivity index (χ1v) is 5.10. The molecule has 0 aliphatic carbocycles. The molecule has 8 heteroatoms. The van der Waals surface area contributed by atoms with Gasteiger partial charge < -0.3 is 5.32 Å². The second-order valence-electron chi connectivity index (χ2n) is 3.61. The molecule has 1 aromatic heterocycles. The summed E-state index contributed by atoms with van der Waals surface area (Å²) in [4.78, 5) is 3.60. The third kappa shape index (κ3) is 2.25. The number of halogens is 5. The van der Waals surface area contributed by atoms with Gasteiger partial charge in [-0.2, -0.15) is 5.26 Å². The van der Waals surface area contributed by atoms with Crippen LogP contribution < -0.4 is 5.32 Å². The van der Waals surface area contributed by atoms with Crippen molar-refractivity contribution < 1.29 is 22.0 Å². The number of rotatable bonds is 2. The maximum Gasteiger partial charge on any atom is 0.200 e. The van der Waals surface area contributed by atoms with Gasteiger partial charge in [0, 0.05) is 11.9 Å². The Bertz CT molecular complexity index is 695. The normalized spacial score (nSPS) is 10.2. The minimum atomic E-state index is -2.24. The van der Waals surface area contributed by atoms with E-state index in [0.717, 1.165) is 12.3 Å². The molecule has 0 spiro atoms. The maximum absolute atomic E-state index is 13.4. The van der Waals surface area contributed by atoms with Crippen molar-refractivity contribution >= 4 is 11.4 Å². The summed E-state index contributed by atoms with van der Waals surface area (Å²) in [6, 6.07) is 3.97.